The van der Waals surface area contributed by atoms with E-state index in [-0.39, 0.29) is 11.8 Å². The maximum absolute atomic E-state index is 9.69. The number of rotatable bonds is 2. The Bertz CT molecular complexity index is 1060. The van der Waals surface area contributed by atoms with Crippen LogP contribution in [0.5, 0.6) is 0 Å². The molecule has 0 unspecified atom stereocenters. The fourth-order valence-electron chi connectivity index (χ4n) is 3.70. The van der Waals surface area contributed by atoms with Crippen molar-refractivity contribution in [2.24, 2.45) is 5.73 Å². The highest BCUT2D eigenvalue weighted by Crippen LogP contribution is 2.48. The van der Waals surface area contributed by atoms with E-state index >= 15 is 0 Å². The quantitative estimate of drug-likeness (QED) is 0.557. The highest BCUT2D eigenvalue weighted by atomic mass is 79.9. The first-order chi connectivity index (χ1) is 13.1. The Morgan fingerprint density at radius 2 is 1.81 bits per heavy atom. The van der Waals surface area contributed by atoms with Gasteiger partial charge in [-0.2, -0.15) is 5.26 Å². The molecule has 0 amide bonds. The van der Waals surface area contributed by atoms with Crippen molar-refractivity contribution in [3.8, 4) is 6.07 Å². The number of ether oxygens (including phenoxy) is 1. The first-order valence-electron chi connectivity index (χ1n) is 8.59. The molecule has 0 aromatic heterocycles. The second-order valence-corrected chi connectivity index (χ2v) is 8.39. The van der Waals surface area contributed by atoms with Crippen LogP contribution in [-0.2, 0) is 4.74 Å². The molecule has 2 aromatic carbocycles. The summed E-state index contributed by atoms with van der Waals surface area (Å²) in [6.07, 6.45) is 3.86. The number of nitriles is 1. The minimum absolute atomic E-state index is 0.162. The molecular formula is C22H16Br2N2O. The van der Waals surface area contributed by atoms with Gasteiger partial charge in [-0.25, -0.2) is 0 Å². The third kappa shape index (κ3) is 3.47. The van der Waals surface area contributed by atoms with Crippen LogP contribution in [0.15, 0.2) is 85.8 Å². The molecule has 2 aromatic rings. The van der Waals surface area contributed by atoms with Crippen LogP contribution in [0.1, 0.15) is 29.9 Å². The van der Waals surface area contributed by atoms with Crippen molar-refractivity contribution in [2.75, 3.05) is 0 Å². The summed E-state index contributed by atoms with van der Waals surface area (Å²) in [7, 11) is 0. The van der Waals surface area contributed by atoms with Gasteiger partial charge >= 0.3 is 0 Å². The van der Waals surface area contributed by atoms with Crippen molar-refractivity contribution in [3.05, 3.63) is 97.0 Å². The smallest absolute Gasteiger partial charge is 0.205 e. The predicted molar refractivity (Wildman–Crippen MR) is 113 cm³/mol. The molecule has 0 bridgehead atoms. The lowest BCUT2D eigenvalue weighted by atomic mass is 9.83. The third-order valence-electron chi connectivity index (χ3n) is 4.85. The second kappa shape index (κ2) is 7.38. The van der Waals surface area contributed by atoms with Crippen LogP contribution in [0, 0.1) is 11.3 Å². The highest BCUT2D eigenvalue weighted by Gasteiger charge is 2.37. The number of nitrogens with two attached hydrogens (primary N) is 1. The topological polar surface area (TPSA) is 59.0 Å². The van der Waals surface area contributed by atoms with Gasteiger partial charge < -0.3 is 10.5 Å². The molecule has 1 aliphatic carbocycles. The normalized spacial score (nSPS) is 20.5. The molecule has 1 heterocycles. The highest BCUT2D eigenvalue weighted by molar-refractivity contribution is 9.10. The standard InChI is InChI=1S/C22H16Br2N2O/c23-16-5-1-3-13(10-16)9-15-7-8-18-20(14-4-2-6-17(24)11-14)19(12-25)22(26)27-21(15)18/h1-6,9-11,20H,7-8,26H2/b15-9-/t20-/m1/s1. The molecular weight excluding hydrogens is 468 g/mol. The monoisotopic (exact) mass is 482 g/mol. The number of hydrogen-bond donors (Lipinski definition) is 1. The Balaban J connectivity index is 1.81. The fraction of sp³-hybridized carbons (Fsp3) is 0.136. The SMILES string of the molecule is N#CC1=C(N)OC2=C(CC/C2=C/c2cccc(Br)c2)[C@H]1c1cccc(Br)c1. The van der Waals surface area contributed by atoms with E-state index in [9.17, 15) is 5.26 Å². The van der Waals surface area contributed by atoms with Gasteiger partial charge in [0.15, 0.2) is 0 Å². The fourth-order valence-corrected chi connectivity index (χ4v) is 4.53. The van der Waals surface area contributed by atoms with E-state index in [4.69, 9.17) is 10.5 Å². The van der Waals surface area contributed by atoms with Crippen LogP contribution in [0.2, 0.25) is 0 Å². The van der Waals surface area contributed by atoms with Gasteiger partial charge in [-0.15, -0.1) is 0 Å². The van der Waals surface area contributed by atoms with Gasteiger partial charge in [0.2, 0.25) is 5.88 Å². The summed E-state index contributed by atoms with van der Waals surface area (Å²) < 4.78 is 7.95. The molecule has 134 valence electrons. The molecule has 0 saturated carbocycles. The van der Waals surface area contributed by atoms with Crippen molar-refractivity contribution in [1.29, 1.82) is 5.26 Å². The van der Waals surface area contributed by atoms with E-state index in [1.807, 2.05) is 36.4 Å². The molecule has 1 atom stereocenters. The molecule has 2 aliphatic rings. The summed E-state index contributed by atoms with van der Waals surface area (Å²) in [5.41, 5.74) is 11.0. The minimum Gasteiger partial charge on any atom is -0.440 e. The average molecular weight is 484 g/mol. The van der Waals surface area contributed by atoms with Crippen molar-refractivity contribution < 1.29 is 4.74 Å². The largest absolute Gasteiger partial charge is 0.440 e. The Hall–Kier alpha value is -2.29. The first-order valence-corrected chi connectivity index (χ1v) is 10.2. The molecule has 4 rings (SSSR count). The number of halogens is 2. The van der Waals surface area contributed by atoms with Crippen LogP contribution >= 0.6 is 31.9 Å². The number of allylic oxidation sites excluding steroid dienone is 3. The summed E-state index contributed by atoms with van der Waals surface area (Å²) >= 11 is 7.04. The minimum atomic E-state index is -0.162. The number of nitrogens with zero attached hydrogens (tertiary/aromatic N) is 1. The van der Waals surface area contributed by atoms with Gasteiger partial charge in [0.25, 0.3) is 0 Å². The zero-order valence-electron chi connectivity index (χ0n) is 14.4. The molecule has 0 fully saturated rings. The lowest BCUT2D eigenvalue weighted by molar-refractivity contribution is 0.292. The molecule has 0 saturated heterocycles. The van der Waals surface area contributed by atoms with Gasteiger partial charge in [-0.05, 0) is 65.5 Å². The zero-order valence-corrected chi connectivity index (χ0v) is 17.5. The van der Waals surface area contributed by atoms with Crippen LogP contribution < -0.4 is 5.73 Å². The molecule has 2 N–H and O–H groups in total. The number of hydrogen-bond acceptors (Lipinski definition) is 3. The van der Waals surface area contributed by atoms with E-state index < -0.39 is 0 Å². The summed E-state index contributed by atoms with van der Waals surface area (Å²) in [5, 5.41) is 9.69. The molecule has 0 radical (unpaired) electrons. The first kappa shape index (κ1) is 18.1. The van der Waals surface area contributed by atoms with E-state index in [0.29, 0.717) is 5.57 Å². The lowest BCUT2D eigenvalue weighted by Gasteiger charge is -2.26. The summed E-state index contributed by atoms with van der Waals surface area (Å²) in [5.74, 6) is 0.851. The Kier molecular flexibility index (Phi) is 4.94. The summed E-state index contributed by atoms with van der Waals surface area (Å²) in [4.78, 5) is 0. The molecule has 0 spiro atoms. The predicted octanol–water partition coefficient (Wildman–Crippen LogP) is 6.15. The van der Waals surface area contributed by atoms with E-state index in [1.165, 1.54) is 0 Å². The van der Waals surface area contributed by atoms with E-state index in [2.05, 4.69) is 56.1 Å². The van der Waals surface area contributed by atoms with Crippen molar-refractivity contribution in [2.45, 2.75) is 18.8 Å². The maximum atomic E-state index is 9.69. The van der Waals surface area contributed by atoms with Gasteiger partial charge in [0.1, 0.15) is 17.4 Å². The van der Waals surface area contributed by atoms with Crippen molar-refractivity contribution >= 4 is 37.9 Å². The van der Waals surface area contributed by atoms with Gasteiger partial charge in [-0.1, -0.05) is 56.1 Å². The van der Waals surface area contributed by atoms with Crippen molar-refractivity contribution in [3.63, 3.8) is 0 Å². The Morgan fingerprint density at radius 1 is 1.07 bits per heavy atom. The molecule has 3 nitrogen and oxygen atoms in total. The summed E-state index contributed by atoms with van der Waals surface area (Å²) in [6, 6.07) is 18.4. The maximum Gasteiger partial charge on any atom is 0.205 e. The Labute approximate surface area is 175 Å². The Morgan fingerprint density at radius 3 is 2.52 bits per heavy atom. The van der Waals surface area contributed by atoms with Crippen LogP contribution in [0.3, 0.4) is 0 Å². The van der Waals surface area contributed by atoms with Crippen LogP contribution in [0.4, 0.5) is 0 Å². The third-order valence-corrected chi connectivity index (χ3v) is 5.84. The number of benzene rings is 2. The van der Waals surface area contributed by atoms with Gasteiger partial charge in [0, 0.05) is 14.9 Å². The van der Waals surface area contributed by atoms with Gasteiger partial charge in [-0.3, -0.25) is 0 Å². The van der Waals surface area contributed by atoms with Gasteiger partial charge in [0.05, 0.1) is 0 Å². The van der Waals surface area contributed by atoms with E-state index in [1.54, 1.807) is 0 Å². The molecule has 1 aliphatic heterocycles. The molecule has 27 heavy (non-hydrogen) atoms. The molecule has 5 heteroatoms. The van der Waals surface area contributed by atoms with E-state index in [0.717, 1.165) is 49.8 Å². The second-order valence-electron chi connectivity index (χ2n) is 6.56. The summed E-state index contributed by atoms with van der Waals surface area (Å²) in [6.45, 7) is 0. The lowest BCUT2D eigenvalue weighted by Crippen LogP contribution is -2.19. The van der Waals surface area contributed by atoms with Crippen LogP contribution in [-0.4, -0.2) is 0 Å². The zero-order chi connectivity index (χ0) is 19.0. The van der Waals surface area contributed by atoms with Crippen LogP contribution in [0.25, 0.3) is 6.08 Å². The average Bonchev–Trinajstić information content (AvgIpc) is 3.02. The van der Waals surface area contributed by atoms with Crippen molar-refractivity contribution in [1.82, 2.24) is 0 Å².